The molecule has 0 spiro atoms. The number of amides is 2. The van der Waals surface area contributed by atoms with Crippen LogP contribution in [0.5, 0.6) is 0 Å². The Morgan fingerprint density at radius 2 is 2.16 bits per heavy atom. The van der Waals surface area contributed by atoms with Crippen LogP contribution in [-0.2, 0) is 4.79 Å². The van der Waals surface area contributed by atoms with Crippen molar-refractivity contribution in [2.45, 2.75) is 31.8 Å². The zero-order valence-corrected chi connectivity index (χ0v) is 14.6. The van der Waals surface area contributed by atoms with Crippen molar-refractivity contribution >= 4 is 23.2 Å². The molecular formula is C18H18N4O2S. The van der Waals surface area contributed by atoms with Crippen LogP contribution >= 0.6 is 11.3 Å². The van der Waals surface area contributed by atoms with Crippen LogP contribution in [0.15, 0.2) is 36.5 Å². The SMILES string of the molecule is C[C@H](NC(=O)c1cnc(-c2ccccc2)s1)C(=O)N1CCC[C@H]1C#N. The summed E-state index contributed by atoms with van der Waals surface area (Å²) < 4.78 is 0. The van der Waals surface area contributed by atoms with Gasteiger partial charge in [0.05, 0.1) is 12.3 Å². The van der Waals surface area contributed by atoms with Crippen molar-refractivity contribution < 1.29 is 9.59 Å². The maximum atomic E-state index is 12.5. The Bertz CT molecular complexity index is 812. The lowest BCUT2D eigenvalue weighted by atomic mass is 10.2. The molecule has 0 aliphatic carbocycles. The number of hydrogen-bond donors (Lipinski definition) is 1. The summed E-state index contributed by atoms with van der Waals surface area (Å²) in [5.41, 5.74) is 0.949. The Kier molecular flexibility index (Phi) is 5.10. The first-order valence-corrected chi connectivity index (χ1v) is 8.94. The van der Waals surface area contributed by atoms with E-state index in [1.165, 1.54) is 17.5 Å². The Balaban J connectivity index is 1.65. The third kappa shape index (κ3) is 3.69. The number of hydrogen-bond acceptors (Lipinski definition) is 5. The fourth-order valence-electron chi connectivity index (χ4n) is 2.84. The first kappa shape index (κ1) is 17.1. The Morgan fingerprint density at radius 3 is 2.88 bits per heavy atom. The van der Waals surface area contributed by atoms with E-state index in [9.17, 15) is 9.59 Å². The normalized spacial score (nSPS) is 17.8. The average molecular weight is 354 g/mol. The number of rotatable bonds is 4. The van der Waals surface area contributed by atoms with E-state index in [0.29, 0.717) is 17.8 Å². The molecule has 1 saturated heterocycles. The molecule has 1 N–H and O–H groups in total. The van der Waals surface area contributed by atoms with Gasteiger partial charge in [0.15, 0.2) is 0 Å². The van der Waals surface area contributed by atoms with E-state index in [1.54, 1.807) is 11.8 Å². The minimum atomic E-state index is -0.677. The summed E-state index contributed by atoms with van der Waals surface area (Å²) >= 11 is 1.28. The third-order valence-corrected chi connectivity index (χ3v) is 5.20. The Morgan fingerprint density at radius 1 is 1.40 bits per heavy atom. The number of nitrogens with zero attached hydrogens (tertiary/aromatic N) is 3. The summed E-state index contributed by atoms with van der Waals surface area (Å²) in [7, 11) is 0. The highest BCUT2D eigenvalue weighted by atomic mass is 32.1. The molecule has 1 aromatic carbocycles. The second kappa shape index (κ2) is 7.45. The smallest absolute Gasteiger partial charge is 0.263 e. The van der Waals surface area contributed by atoms with Crippen LogP contribution in [0.3, 0.4) is 0 Å². The fraction of sp³-hybridized carbons (Fsp3) is 0.333. The maximum Gasteiger partial charge on any atom is 0.263 e. The predicted octanol–water partition coefficient (Wildman–Crippen LogP) is 2.44. The molecule has 6 nitrogen and oxygen atoms in total. The molecular weight excluding hydrogens is 336 g/mol. The molecule has 1 aliphatic rings. The molecule has 2 aromatic rings. The summed E-state index contributed by atoms with van der Waals surface area (Å²) in [6, 6.07) is 10.7. The number of likely N-dealkylation sites (tertiary alicyclic amines) is 1. The van der Waals surface area contributed by atoms with E-state index in [1.807, 2.05) is 30.3 Å². The van der Waals surface area contributed by atoms with Gasteiger partial charge in [-0.15, -0.1) is 11.3 Å². The lowest BCUT2D eigenvalue weighted by Crippen LogP contribution is -2.48. The maximum absolute atomic E-state index is 12.5. The van der Waals surface area contributed by atoms with Crippen LogP contribution in [0.4, 0.5) is 0 Å². The quantitative estimate of drug-likeness (QED) is 0.914. The number of carbonyl (C=O) groups is 2. The van der Waals surface area contributed by atoms with E-state index in [0.717, 1.165) is 17.0 Å². The number of aromatic nitrogens is 1. The second-order valence-corrected chi connectivity index (χ2v) is 6.94. The van der Waals surface area contributed by atoms with Crippen LogP contribution in [0, 0.1) is 11.3 Å². The van der Waals surface area contributed by atoms with Gasteiger partial charge in [-0.25, -0.2) is 4.98 Å². The summed E-state index contributed by atoms with van der Waals surface area (Å²) in [6.45, 7) is 2.21. The molecule has 2 atom stereocenters. The number of nitriles is 1. The van der Waals surface area contributed by atoms with Crippen LogP contribution in [0.25, 0.3) is 10.6 Å². The van der Waals surface area contributed by atoms with E-state index >= 15 is 0 Å². The zero-order chi connectivity index (χ0) is 17.8. The molecule has 2 heterocycles. The van der Waals surface area contributed by atoms with Gasteiger partial charge in [0, 0.05) is 12.1 Å². The summed E-state index contributed by atoms with van der Waals surface area (Å²) in [5.74, 6) is -0.543. The van der Waals surface area contributed by atoms with Gasteiger partial charge < -0.3 is 10.2 Å². The molecule has 0 radical (unpaired) electrons. The van der Waals surface area contributed by atoms with Crippen molar-refractivity contribution in [3.63, 3.8) is 0 Å². The van der Waals surface area contributed by atoms with Gasteiger partial charge in [0.25, 0.3) is 5.91 Å². The number of carbonyl (C=O) groups excluding carboxylic acids is 2. The van der Waals surface area contributed by atoms with E-state index in [-0.39, 0.29) is 17.9 Å². The second-order valence-electron chi connectivity index (χ2n) is 5.91. The lowest BCUT2D eigenvalue weighted by Gasteiger charge is -2.23. The van der Waals surface area contributed by atoms with Gasteiger partial charge >= 0.3 is 0 Å². The van der Waals surface area contributed by atoms with Gasteiger partial charge in [0.1, 0.15) is 22.0 Å². The van der Waals surface area contributed by atoms with Crippen molar-refractivity contribution in [1.82, 2.24) is 15.2 Å². The Hall–Kier alpha value is -2.72. The molecule has 128 valence electrons. The average Bonchev–Trinajstić information content (AvgIpc) is 3.31. The summed E-state index contributed by atoms with van der Waals surface area (Å²) in [5, 5.41) is 12.6. The summed E-state index contributed by atoms with van der Waals surface area (Å²) in [4.78, 5) is 31.1. The minimum Gasteiger partial charge on any atom is -0.340 e. The minimum absolute atomic E-state index is 0.217. The first-order chi connectivity index (χ1) is 12.1. The van der Waals surface area contributed by atoms with Gasteiger partial charge in [-0.05, 0) is 19.8 Å². The highest BCUT2D eigenvalue weighted by Crippen LogP contribution is 2.25. The van der Waals surface area contributed by atoms with Gasteiger partial charge in [-0.1, -0.05) is 30.3 Å². The highest BCUT2D eigenvalue weighted by molar-refractivity contribution is 7.16. The van der Waals surface area contributed by atoms with E-state index in [4.69, 9.17) is 5.26 Å². The monoisotopic (exact) mass is 354 g/mol. The first-order valence-electron chi connectivity index (χ1n) is 8.12. The van der Waals surface area contributed by atoms with Gasteiger partial charge in [-0.3, -0.25) is 9.59 Å². The van der Waals surface area contributed by atoms with Gasteiger partial charge in [0.2, 0.25) is 5.91 Å². The standard InChI is InChI=1S/C18H18N4O2S/c1-12(18(24)22-9-5-8-14(22)10-19)21-16(23)15-11-20-17(25-15)13-6-3-2-4-7-13/h2-4,6-7,11-12,14H,5,8-9H2,1H3,(H,21,23)/t12-,14-/m0/s1. The topological polar surface area (TPSA) is 86.1 Å². The lowest BCUT2D eigenvalue weighted by molar-refractivity contribution is -0.132. The third-order valence-electron chi connectivity index (χ3n) is 4.15. The molecule has 3 rings (SSSR count). The molecule has 2 amide bonds. The molecule has 0 bridgehead atoms. The van der Waals surface area contributed by atoms with E-state index in [2.05, 4.69) is 16.4 Å². The molecule has 0 unspecified atom stereocenters. The van der Waals surface area contributed by atoms with E-state index < -0.39 is 6.04 Å². The van der Waals surface area contributed by atoms with Crippen molar-refractivity contribution in [2.24, 2.45) is 0 Å². The highest BCUT2D eigenvalue weighted by Gasteiger charge is 2.32. The largest absolute Gasteiger partial charge is 0.340 e. The Labute approximate surface area is 150 Å². The van der Waals surface area contributed by atoms with Crippen molar-refractivity contribution in [1.29, 1.82) is 5.26 Å². The molecule has 1 aliphatic heterocycles. The number of benzene rings is 1. The van der Waals surface area contributed by atoms with Crippen LogP contribution in [0.2, 0.25) is 0 Å². The molecule has 0 saturated carbocycles. The summed E-state index contributed by atoms with van der Waals surface area (Å²) in [6.07, 6.45) is 3.03. The van der Waals surface area contributed by atoms with Gasteiger partial charge in [-0.2, -0.15) is 5.26 Å². The number of nitrogens with one attached hydrogen (secondary N) is 1. The van der Waals surface area contributed by atoms with Crippen molar-refractivity contribution in [3.05, 3.63) is 41.4 Å². The number of thiazole rings is 1. The molecule has 1 fully saturated rings. The van der Waals surface area contributed by atoms with Crippen molar-refractivity contribution in [3.8, 4) is 16.6 Å². The predicted molar refractivity (Wildman–Crippen MR) is 94.8 cm³/mol. The van der Waals surface area contributed by atoms with Crippen LogP contribution in [-0.4, -0.2) is 40.3 Å². The molecule has 25 heavy (non-hydrogen) atoms. The van der Waals surface area contributed by atoms with Crippen LogP contribution < -0.4 is 5.32 Å². The molecule has 1 aromatic heterocycles. The van der Waals surface area contributed by atoms with Crippen LogP contribution in [0.1, 0.15) is 29.4 Å². The van der Waals surface area contributed by atoms with Crippen molar-refractivity contribution in [2.75, 3.05) is 6.54 Å². The zero-order valence-electron chi connectivity index (χ0n) is 13.8. The molecule has 7 heteroatoms. The fourth-order valence-corrected chi connectivity index (χ4v) is 3.66.